The van der Waals surface area contributed by atoms with E-state index in [0.717, 1.165) is 16.1 Å². The smallest absolute Gasteiger partial charge is 0.399 e. The van der Waals surface area contributed by atoms with Gasteiger partial charge in [0.2, 0.25) is 6.17 Å². The predicted octanol–water partition coefficient (Wildman–Crippen LogP) is 2.20. The molecule has 2 rings (SSSR count). The number of alkyl halides is 3. The number of nitrogens with one attached hydrogen (secondary N) is 1. The number of nitrogens with two attached hydrogens (primary N) is 1. The predicted molar refractivity (Wildman–Crippen MR) is 67.2 cm³/mol. The molecule has 0 aromatic heterocycles. The lowest BCUT2D eigenvalue weighted by molar-refractivity contribution is -0.183. The lowest BCUT2D eigenvalue weighted by Gasteiger charge is -2.24. The quantitative estimate of drug-likeness (QED) is 0.812. The van der Waals surface area contributed by atoms with Crippen molar-refractivity contribution in [1.82, 2.24) is 10.4 Å². The third-order valence-electron chi connectivity index (χ3n) is 2.90. The average Bonchev–Trinajstić information content (AvgIpc) is 2.65. The molecular weight excluding hydrogens is 257 g/mol. The maximum atomic E-state index is 12.8. The summed E-state index contributed by atoms with van der Waals surface area (Å²) in [4.78, 5) is 3.56. The molecule has 1 aliphatic heterocycles. The maximum absolute atomic E-state index is 12.8. The van der Waals surface area contributed by atoms with Gasteiger partial charge < -0.3 is 11.2 Å². The van der Waals surface area contributed by atoms with Crippen LogP contribution in [0.1, 0.15) is 18.1 Å². The Morgan fingerprint density at radius 1 is 1.37 bits per heavy atom. The van der Waals surface area contributed by atoms with E-state index in [0.29, 0.717) is 5.69 Å². The van der Waals surface area contributed by atoms with Gasteiger partial charge in [0.05, 0.1) is 0 Å². The summed E-state index contributed by atoms with van der Waals surface area (Å²) in [5.74, 6) is 0.259. The molecule has 1 heterocycles. The van der Waals surface area contributed by atoms with Gasteiger partial charge >= 0.3 is 6.18 Å². The number of halogens is 3. The molecule has 0 fully saturated rings. The zero-order valence-corrected chi connectivity index (χ0v) is 10.6. The standard InChI is InChI=1S/C12H15F3N4/c1-7-5-9(3-4-10(7)16)6-19-11(12(13,14)15)17-8(2)18-19/h3-5,11H,6,16H2,1-2H3,(H,17,18). The Hall–Kier alpha value is -1.76. The summed E-state index contributed by atoms with van der Waals surface area (Å²) in [7, 11) is 0. The van der Waals surface area contributed by atoms with Crippen LogP contribution in [0.15, 0.2) is 23.2 Å². The summed E-state index contributed by atoms with van der Waals surface area (Å²) >= 11 is 0. The SMILES string of the molecule is CC1=NC(C(F)(F)F)N(Cc2ccc(N)c(C)c2)N1. The Morgan fingerprint density at radius 2 is 2.05 bits per heavy atom. The number of hydrazine groups is 1. The van der Waals surface area contributed by atoms with Crippen LogP contribution in [0.25, 0.3) is 0 Å². The van der Waals surface area contributed by atoms with E-state index in [2.05, 4.69) is 10.4 Å². The lowest BCUT2D eigenvalue weighted by atomic mass is 10.1. The molecule has 0 saturated carbocycles. The minimum Gasteiger partial charge on any atom is -0.399 e. The number of hydrogen-bond acceptors (Lipinski definition) is 4. The highest BCUT2D eigenvalue weighted by molar-refractivity contribution is 5.80. The van der Waals surface area contributed by atoms with Crippen LogP contribution in [0.5, 0.6) is 0 Å². The second-order valence-corrected chi connectivity index (χ2v) is 4.56. The van der Waals surface area contributed by atoms with Gasteiger partial charge in [-0.1, -0.05) is 12.1 Å². The van der Waals surface area contributed by atoms with Gasteiger partial charge in [0.15, 0.2) is 0 Å². The molecule has 4 nitrogen and oxygen atoms in total. The van der Waals surface area contributed by atoms with Crippen LogP contribution in [0, 0.1) is 6.92 Å². The van der Waals surface area contributed by atoms with Crippen molar-refractivity contribution in [3.05, 3.63) is 29.3 Å². The molecule has 1 atom stereocenters. The van der Waals surface area contributed by atoms with Crippen molar-refractivity contribution in [3.8, 4) is 0 Å². The molecule has 0 amide bonds. The minimum absolute atomic E-state index is 0.103. The first-order valence-corrected chi connectivity index (χ1v) is 5.77. The number of amidine groups is 1. The van der Waals surface area contributed by atoms with Gasteiger partial charge in [-0.2, -0.15) is 18.2 Å². The topological polar surface area (TPSA) is 53.6 Å². The summed E-state index contributed by atoms with van der Waals surface area (Å²) in [6.45, 7) is 3.43. The third-order valence-corrected chi connectivity index (χ3v) is 2.90. The second-order valence-electron chi connectivity index (χ2n) is 4.56. The van der Waals surface area contributed by atoms with E-state index in [1.54, 1.807) is 18.2 Å². The zero-order valence-electron chi connectivity index (χ0n) is 10.6. The van der Waals surface area contributed by atoms with E-state index in [1.807, 2.05) is 6.92 Å². The summed E-state index contributed by atoms with van der Waals surface area (Å²) < 4.78 is 38.5. The van der Waals surface area contributed by atoms with Crippen molar-refractivity contribution >= 4 is 11.5 Å². The van der Waals surface area contributed by atoms with E-state index >= 15 is 0 Å². The summed E-state index contributed by atoms with van der Waals surface area (Å²) in [5.41, 5.74) is 10.5. The summed E-state index contributed by atoms with van der Waals surface area (Å²) in [5, 5.41) is 1.07. The molecular formula is C12H15F3N4. The van der Waals surface area contributed by atoms with Crippen LogP contribution >= 0.6 is 0 Å². The zero-order chi connectivity index (χ0) is 14.2. The Morgan fingerprint density at radius 3 is 2.63 bits per heavy atom. The highest BCUT2D eigenvalue weighted by atomic mass is 19.4. The highest BCUT2D eigenvalue weighted by Crippen LogP contribution is 2.28. The van der Waals surface area contributed by atoms with Crippen LogP contribution in [0.2, 0.25) is 0 Å². The van der Waals surface area contributed by atoms with Gasteiger partial charge in [-0.05, 0) is 31.0 Å². The lowest BCUT2D eigenvalue weighted by Crippen LogP contribution is -2.46. The minimum atomic E-state index is -4.40. The first-order chi connectivity index (χ1) is 8.77. The van der Waals surface area contributed by atoms with E-state index < -0.39 is 12.3 Å². The fourth-order valence-corrected chi connectivity index (χ4v) is 1.96. The van der Waals surface area contributed by atoms with Crippen LogP contribution in [-0.2, 0) is 6.54 Å². The Labute approximate surface area is 109 Å². The van der Waals surface area contributed by atoms with Crippen molar-refractivity contribution in [3.63, 3.8) is 0 Å². The number of aliphatic imine (C=N–C) groups is 1. The number of benzene rings is 1. The van der Waals surface area contributed by atoms with Crippen molar-refractivity contribution < 1.29 is 13.2 Å². The summed E-state index contributed by atoms with van der Waals surface area (Å²) in [6.07, 6.45) is -6.24. The van der Waals surface area contributed by atoms with Gasteiger partial charge in [-0.3, -0.25) is 0 Å². The van der Waals surface area contributed by atoms with Crippen molar-refractivity contribution in [2.75, 3.05) is 5.73 Å². The molecule has 1 aromatic rings. The second kappa shape index (κ2) is 4.73. The van der Waals surface area contributed by atoms with Crippen molar-refractivity contribution in [2.45, 2.75) is 32.7 Å². The molecule has 1 aromatic carbocycles. The van der Waals surface area contributed by atoms with Crippen molar-refractivity contribution in [1.29, 1.82) is 0 Å². The molecule has 0 spiro atoms. The number of aryl methyl sites for hydroxylation is 1. The number of hydrogen-bond donors (Lipinski definition) is 2. The molecule has 7 heteroatoms. The van der Waals surface area contributed by atoms with Gasteiger partial charge in [0, 0.05) is 12.2 Å². The Kier molecular flexibility index (Phi) is 3.40. The number of anilines is 1. The molecule has 0 bridgehead atoms. The third kappa shape index (κ3) is 2.98. The molecule has 0 radical (unpaired) electrons. The Balaban J connectivity index is 2.16. The fourth-order valence-electron chi connectivity index (χ4n) is 1.96. The Bertz CT molecular complexity index is 510. The van der Waals surface area contributed by atoms with Gasteiger partial charge in [-0.15, -0.1) is 0 Å². The monoisotopic (exact) mass is 272 g/mol. The number of nitrogen functional groups attached to an aromatic ring is 1. The maximum Gasteiger partial charge on any atom is 0.425 e. The normalized spacial score (nSPS) is 20.3. The molecule has 1 unspecified atom stereocenters. The molecule has 104 valence electrons. The molecule has 0 saturated heterocycles. The largest absolute Gasteiger partial charge is 0.425 e. The van der Waals surface area contributed by atoms with E-state index in [4.69, 9.17) is 5.73 Å². The van der Waals surface area contributed by atoms with Crippen LogP contribution in [0.4, 0.5) is 18.9 Å². The first-order valence-electron chi connectivity index (χ1n) is 5.77. The molecule has 1 aliphatic rings. The van der Waals surface area contributed by atoms with E-state index in [9.17, 15) is 13.2 Å². The van der Waals surface area contributed by atoms with Gasteiger partial charge in [0.25, 0.3) is 0 Å². The molecule has 0 aliphatic carbocycles. The highest BCUT2D eigenvalue weighted by Gasteiger charge is 2.46. The fraction of sp³-hybridized carbons (Fsp3) is 0.417. The van der Waals surface area contributed by atoms with E-state index in [-0.39, 0.29) is 12.4 Å². The van der Waals surface area contributed by atoms with Crippen LogP contribution in [-0.4, -0.2) is 23.2 Å². The molecule has 19 heavy (non-hydrogen) atoms. The molecule has 3 N–H and O–H groups in total. The summed E-state index contributed by atoms with van der Waals surface area (Å²) in [6, 6.07) is 5.18. The van der Waals surface area contributed by atoms with Crippen LogP contribution < -0.4 is 11.2 Å². The van der Waals surface area contributed by atoms with Gasteiger partial charge in [0.1, 0.15) is 5.84 Å². The van der Waals surface area contributed by atoms with Crippen LogP contribution in [0.3, 0.4) is 0 Å². The first kappa shape index (κ1) is 13.7. The van der Waals surface area contributed by atoms with Gasteiger partial charge in [-0.25, -0.2) is 4.99 Å². The number of rotatable bonds is 2. The number of nitrogens with zero attached hydrogens (tertiary/aromatic N) is 2. The van der Waals surface area contributed by atoms with E-state index in [1.165, 1.54) is 6.92 Å². The average molecular weight is 272 g/mol. The van der Waals surface area contributed by atoms with Crippen molar-refractivity contribution in [2.24, 2.45) is 4.99 Å².